The van der Waals surface area contributed by atoms with E-state index < -0.39 is 0 Å². The molecular weight excluding hydrogens is 300 g/mol. The first-order chi connectivity index (χ1) is 10.7. The molecule has 1 N–H and O–H groups in total. The van der Waals surface area contributed by atoms with Gasteiger partial charge in [-0.05, 0) is 43.5 Å². The topological polar surface area (TPSA) is 41.6 Å². The van der Waals surface area contributed by atoms with Gasteiger partial charge in [-0.3, -0.25) is 4.79 Å². The average molecular weight is 325 g/mol. The van der Waals surface area contributed by atoms with Gasteiger partial charge in [-0.15, -0.1) is 0 Å². The first kappa shape index (κ1) is 17.3. The molecule has 1 unspecified atom stereocenters. The maximum atomic E-state index is 12.1. The minimum atomic E-state index is 0.281. The van der Waals surface area contributed by atoms with E-state index in [0.717, 1.165) is 50.5 Å². The number of nitrogens with zero attached hydrogens (tertiary/aromatic N) is 1. The molecule has 4 nitrogen and oxygen atoms in total. The van der Waals surface area contributed by atoms with Crippen molar-refractivity contribution in [2.75, 3.05) is 33.4 Å². The van der Waals surface area contributed by atoms with Crippen molar-refractivity contribution in [1.82, 2.24) is 10.2 Å². The number of carbonyl (C=O) groups excluding carboxylic acids is 1. The Hall–Kier alpha value is -1.10. The van der Waals surface area contributed by atoms with E-state index in [1.54, 1.807) is 7.11 Å². The molecular formula is C17H25ClN2O2. The lowest BCUT2D eigenvalue weighted by Gasteiger charge is -2.25. The molecule has 0 bridgehead atoms. The summed E-state index contributed by atoms with van der Waals surface area (Å²) in [5, 5.41) is 4.10. The molecule has 2 rings (SSSR count). The molecule has 0 radical (unpaired) electrons. The number of carbonyl (C=O) groups is 1. The van der Waals surface area contributed by atoms with Crippen molar-refractivity contribution in [2.45, 2.75) is 31.7 Å². The monoisotopic (exact) mass is 324 g/mol. The Morgan fingerprint density at radius 2 is 2.27 bits per heavy atom. The van der Waals surface area contributed by atoms with Crippen molar-refractivity contribution in [3.8, 4) is 0 Å². The van der Waals surface area contributed by atoms with E-state index in [9.17, 15) is 4.79 Å². The maximum Gasteiger partial charge on any atom is 0.222 e. The number of benzene rings is 1. The Morgan fingerprint density at radius 3 is 3.05 bits per heavy atom. The van der Waals surface area contributed by atoms with E-state index >= 15 is 0 Å². The summed E-state index contributed by atoms with van der Waals surface area (Å²) >= 11 is 6.01. The third-order valence-corrected chi connectivity index (χ3v) is 4.36. The molecule has 1 saturated heterocycles. The molecule has 1 aliphatic heterocycles. The van der Waals surface area contributed by atoms with Crippen molar-refractivity contribution in [3.05, 3.63) is 34.9 Å². The van der Waals surface area contributed by atoms with E-state index in [-0.39, 0.29) is 5.91 Å². The van der Waals surface area contributed by atoms with Crippen LogP contribution in [-0.2, 0) is 16.0 Å². The van der Waals surface area contributed by atoms with Crippen LogP contribution >= 0.6 is 11.6 Å². The summed E-state index contributed by atoms with van der Waals surface area (Å²) in [5.74, 6) is 0.281. The third kappa shape index (κ3) is 5.27. The Morgan fingerprint density at radius 1 is 1.41 bits per heavy atom. The Labute approximate surface area is 137 Å². The summed E-state index contributed by atoms with van der Waals surface area (Å²) in [6.45, 7) is 3.29. The van der Waals surface area contributed by atoms with Crippen LogP contribution in [0, 0.1) is 0 Å². The number of methoxy groups -OCH3 is 1. The highest BCUT2D eigenvalue weighted by atomic mass is 35.5. The number of nitrogens with one attached hydrogen (secondary N) is 1. The summed E-state index contributed by atoms with van der Waals surface area (Å²) in [6.07, 6.45) is 3.52. The van der Waals surface area contributed by atoms with Gasteiger partial charge in [0.2, 0.25) is 5.91 Å². The first-order valence-corrected chi connectivity index (χ1v) is 8.32. The van der Waals surface area contributed by atoms with Gasteiger partial charge in [-0.1, -0.05) is 23.7 Å². The number of likely N-dealkylation sites (tertiary alicyclic amines) is 1. The number of hydrogen-bond donors (Lipinski definition) is 1. The molecule has 1 atom stereocenters. The fraction of sp³-hybridized carbons (Fsp3) is 0.588. The van der Waals surface area contributed by atoms with Gasteiger partial charge in [-0.25, -0.2) is 0 Å². The third-order valence-electron chi connectivity index (χ3n) is 4.12. The quantitative estimate of drug-likeness (QED) is 0.710. The van der Waals surface area contributed by atoms with Crippen LogP contribution in [0.2, 0.25) is 5.02 Å². The summed E-state index contributed by atoms with van der Waals surface area (Å²) < 4.78 is 5.01. The van der Waals surface area contributed by atoms with Gasteiger partial charge >= 0.3 is 0 Å². The molecule has 1 aromatic carbocycles. The zero-order chi connectivity index (χ0) is 15.8. The van der Waals surface area contributed by atoms with E-state index in [2.05, 4.69) is 11.4 Å². The lowest BCUT2D eigenvalue weighted by molar-refractivity contribution is -0.129. The van der Waals surface area contributed by atoms with Crippen LogP contribution in [-0.4, -0.2) is 50.2 Å². The molecule has 1 heterocycles. The second-order valence-corrected chi connectivity index (χ2v) is 6.13. The number of halogens is 1. The van der Waals surface area contributed by atoms with Gasteiger partial charge in [-0.2, -0.15) is 0 Å². The van der Waals surface area contributed by atoms with Crippen LogP contribution in [0.3, 0.4) is 0 Å². The van der Waals surface area contributed by atoms with Gasteiger partial charge in [0.25, 0.3) is 0 Å². The number of hydrogen-bond acceptors (Lipinski definition) is 3. The van der Waals surface area contributed by atoms with E-state index in [4.69, 9.17) is 16.3 Å². The highest BCUT2D eigenvalue weighted by Gasteiger charge is 2.29. The van der Waals surface area contributed by atoms with E-state index in [1.807, 2.05) is 23.1 Å². The number of amides is 1. The van der Waals surface area contributed by atoms with Crippen LogP contribution in [0.15, 0.2) is 24.3 Å². The molecule has 5 heteroatoms. The Bertz CT molecular complexity index is 481. The van der Waals surface area contributed by atoms with Crippen LogP contribution in [0.5, 0.6) is 0 Å². The maximum absolute atomic E-state index is 12.1. The first-order valence-electron chi connectivity index (χ1n) is 7.94. The lowest BCUT2D eigenvalue weighted by Crippen LogP contribution is -2.37. The summed E-state index contributed by atoms with van der Waals surface area (Å²) in [5.41, 5.74) is 1.18. The van der Waals surface area contributed by atoms with Crippen molar-refractivity contribution in [2.24, 2.45) is 0 Å². The lowest BCUT2D eigenvalue weighted by atomic mass is 10.1. The fourth-order valence-electron chi connectivity index (χ4n) is 2.91. The molecule has 0 saturated carbocycles. The van der Waals surface area contributed by atoms with Crippen LogP contribution in [0.4, 0.5) is 0 Å². The van der Waals surface area contributed by atoms with Crippen molar-refractivity contribution in [1.29, 1.82) is 0 Å². The normalized spacial score (nSPS) is 18.2. The molecule has 1 aliphatic rings. The molecule has 22 heavy (non-hydrogen) atoms. The zero-order valence-corrected chi connectivity index (χ0v) is 13.9. The molecule has 122 valence electrons. The van der Waals surface area contributed by atoms with E-state index in [0.29, 0.717) is 12.5 Å². The predicted molar refractivity (Wildman–Crippen MR) is 89.3 cm³/mol. The van der Waals surface area contributed by atoms with Crippen molar-refractivity contribution in [3.63, 3.8) is 0 Å². The highest BCUT2D eigenvalue weighted by Crippen LogP contribution is 2.22. The average Bonchev–Trinajstić information content (AvgIpc) is 2.85. The molecule has 1 amide bonds. The summed E-state index contributed by atoms with van der Waals surface area (Å²) in [4.78, 5) is 14.1. The Kier molecular flexibility index (Phi) is 7.16. The largest absolute Gasteiger partial charge is 0.383 e. The summed E-state index contributed by atoms with van der Waals surface area (Å²) in [6, 6.07) is 8.24. The van der Waals surface area contributed by atoms with E-state index in [1.165, 1.54) is 5.56 Å². The molecule has 1 fully saturated rings. The minimum absolute atomic E-state index is 0.281. The smallest absolute Gasteiger partial charge is 0.222 e. The predicted octanol–water partition coefficient (Wildman–Crippen LogP) is 2.50. The molecule has 0 aromatic heterocycles. The highest BCUT2D eigenvalue weighted by molar-refractivity contribution is 6.30. The molecule has 0 spiro atoms. The SMILES string of the molecule is COCCNCCC1CCC(=O)N1CCc1cccc(Cl)c1. The van der Waals surface area contributed by atoms with Gasteiger partial charge in [0, 0.05) is 37.7 Å². The van der Waals surface area contributed by atoms with Crippen molar-refractivity contribution < 1.29 is 9.53 Å². The van der Waals surface area contributed by atoms with Gasteiger partial charge in [0.05, 0.1) is 6.61 Å². The van der Waals surface area contributed by atoms with Crippen LogP contribution in [0.25, 0.3) is 0 Å². The zero-order valence-electron chi connectivity index (χ0n) is 13.2. The Balaban J connectivity index is 1.78. The standard InChI is InChI=1S/C17H25ClN2O2/c1-22-12-10-19-9-7-16-5-6-17(21)20(16)11-8-14-3-2-4-15(18)13-14/h2-4,13,16,19H,5-12H2,1H3. The second kappa shape index (κ2) is 9.13. The summed E-state index contributed by atoms with van der Waals surface area (Å²) in [7, 11) is 1.70. The van der Waals surface area contributed by atoms with Gasteiger partial charge in [0.1, 0.15) is 0 Å². The molecule has 0 aliphatic carbocycles. The number of rotatable bonds is 9. The number of ether oxygens (including phenoxy) is 1. The second-order valence-electron chi connectivity index (χ2n) is 5.69. The fourth-order valence-corrected chi connectivity index (χ4v) is 3.12. The van der Waals surface area contributed by atoms with Crippen LogP contribution in [0.1, 0.15) is 24.8 Å². The molecule has 1 aromatic rings. The minimum Gasteiger partial charge on any atom is -0.383 e. The van der Waals surface area contributed by atoms with Crippen LogP contribution < -0.4 is 5.32 Å². The van der Waals surface area contributed by atoms with Gasteiger partial charge in [0.15, 0.2) is 0 Å². The van der Waals surface area contributed by atoms with Gasteiger partial charge < -0.3 is 15.0 Å². The van der Waals surface area contributed by atoms with Crippen molar-refractivity contribution >= 4 is 17.5 Å².